The Kier molecular flexibility index (Phi) is 29.0. The van der Waals surface area contributed by atoms with E-state index >= 15 is 0 Å². The van der Waals surface area contributed by atoms with Gasteiger partial charge in [0.2, 0.25) is 0 Å². The zero-order valence-corrected chi connectivity index (χ0v) is 65.6. The number of ether oxygens (including phenoxy) is 6. The van der Waals surface area contributed by atoms with Gasteiger partial charge in [-0.2, -0.15) is 0 Å². The van der Waals surface area contributed by atoms with Crippen LogP contribution in [-0.4, -0.2) is 64.6 Å². The fourth-order valence-corrected chi connectivity index (χ4v) is 19.0. The number of hydrogen-bond acceptors (Lipinski definition) is 11. The van der Waals surface area contributed by atoms with Crippen molar-refractivity contribution >= 4 is 29.8 Å². The van der Waals surface area contributed by atoms with E-state index in [4.69, 9.17) is 28.4 Å². The molecule has 95 heavy (non-hydrogen) atoms. The summed E-state index contributed by atoms with van der Waals surface area (Å²) in [6, 6.07) is 0. The van der Waals surface area contributed by atoms with Gasteiger partial charge in [0.05, 0.1) is 33.2 Å². The Morgan fingerprint density at radius 3 is 1.22 bits per heavy atom. The molecule has 0 aliphatic heterocycles. The van der Waals surface area contributed by atoms with Gasteiger partial charge in [-0.3, -0.25) is 24.0 Å². The van der Waals surface area contributed by atoms with E-state index < -0.39 is 11.7 Å². The van der Waals surface area contributed by atoms with Gasteiger partial charge in [-0.1, -0.05) is 108 Å². The second-order valence-electron chi connectivity index (χ2n) is 37.0. The summed E-state index contributed by atoms with van der Waals surface area (Å²) in [5.41, 5.74) is -2.53. The lowest BCUT2D eigenvalue weighted by atomic mass is 9.47. The molecule has 11 heteroatoms. The molecular weight excluding hydrogens is 1180 g/mol. The molecule has 8 unspecified atom stereocenters. The van der Waals surface area contributed by atoms with Gasteiger partial charge in [-0.15, -0.1) is 0 Å². The summed E-state index contributed by atoms with van der Waals surface area (Å²) >= 11 is 0. The normalized spacial score (nSPS) is 31.3. The van der Waals surface area contributed by atoms with E-state index in [1.165, 1.54) is 141 Å². The van der Waals surface area contributed by atoms with E-state index in [0.717, 1.165) is 124 Å². The number of rotatable bonds is 20. The molecule has 0 aromatic heterocycles. The molecule has 8 atom stereocenters. The fourth-order valence-electron chi connectivity index (χ4n) is 19.0. The van der Waals surface area contributed by atoms with Crippen LogP contribution in [0.4, 0.5) is 0 Å². The van der Waals surface area contributed by atoms with Crippen molar-refractivity contribution in [3.8, 4) is 0 Å². The third kappa shape index (κ3) is 19.9. The van der Waals surface area contributed by atoms with Crippen LogP contribution >= 0.6 is 0 Å². The third-order valence-corrected chi connectivity index (χ3v) is 27.8. The molecule has 0 N–H and O–H groups in total. The van der Waals surface area contributed by atoms with Crippen molar-refractivity contribution in [1.82, 2.24) is 0 Å². The molecule has 0 radical (unpaired) electrons. The summed E-state index contributed by atoms with van der Waals surface area (Å²) < 4.78 is 35.9. The topological polar surface area (TPSA) is 141 Å². The van der Waals surface area contributed by atoms with Crippen LogP contribution in [0.25, 0.3) is 0 Å². The summed E-state index contributed by atoms with van der Waals surface area (Å²) in [4.78, 5) is 61.6. The number of hydrogen-bond donors (Lipinski definition) is 0. The van der Waals surface area contributed by atoms with Crippen molar-refractivity contribution in [2.75, 3.05) is 0 Å². The Balaban J connectivity index is 0.000000189. The van der Waals surface area contributed by atoms with Gasteiger partial charge in [0.25, 0.3) is 0 Å². The average Bonchev–Trinajstić information content (AvgIpc) is 1.70. The van der Waals surface area contributed by atoms with Crippen LogP contribution in [0, 0.1) is 98.1 Å². The Labute approximate surface area is 582 Å². The SMILES string of the molecule is CCC(C)(C)C(=O)OC(C)OC1CC2CC1C1C3CCC(C3)C21.CCC(C)(C)C(=O)OC1(C(C)C)C2CC3CC(C2)CC1C3.CCC(C)(C)C(=O)OC1(C(C)C)CCCC1.CCC(C)(C)C(=O)OC1(C)CCCCCCC1.CCC1(OC(=O)C(C)(C)CC)CCCCCCC1. The Morgan fingerprint density at radius 2 is 0.789 bits per heavy atom. The van der Waals surface area contributed by atoms with Crippen LogP contribution in [0.15, 0.2) is 0 Å². The molecule has 0 saturated heterocycles. The lowest BCUT2D eigenvalue weighted by molar-refractivity contribution is -0.231. The maximum Gasteiger partial charge on any atom is 0.313 e. The molecule has 0 aromatic rings. The van der Waals surface area contributed by atoms with Crippen LogP contribution in [0.1, 0.15) is 371 Å². The standard InChI is InChI=1S/C20H32O3.C19H32O2.C16H30O2.C15H28O2.C14H26O2/c1-5-20(3,4)19(21)23-11(2)22-16-10-14-9-15(16)18-13-7-6-12(8-13)17(14)18;1-6-18(4,5)17(20)21-19(12(2)3)15-8-13-7-14(10-15)11-16(19)9-13;1-5-15(3,4)14(17)18-16(6-2)12-10-8-7-9-11-13-16;1-5-14(2,3)13(16)17-15(4)11-9-7-6-8-10-12-15;1-6-13(4,5)12(15)16-14(11(2)3)9-7-8-10-14/h11-18H,5-10H2,1-4H3;12-16H,6-11H2,1-5H3;5-13H2,1-4H3;5-12H2,1-4H3;11H,6-10H2,1-5H3. The highest BCUT2D eigenvalue weighted by Crippen LogP contribution is 2.68. The molecule has 8 bridgehead atoms. The molecule has 11 rings (SSSR count). The highest BCUT2D eigenvalue weighted by molar-refractivity contribution is 5.78. The fraction of sp³-hybridized carbons (Fsp3) is 0.940. The maximum atomic E-state index is 12.8. The maximum absolute atomic E-state index is 12.8. The van der Waals surface area contributed by atoms with Crippen molar-refractivity contribution in [3.05, 3.63) is 0 Å². The largest absolute Gasteiger partial charge is 0.459 e. The number of carbonyl (C=O) groups is 5. The minimum atomic E-state index is -0.415. The highest BCUT2D eigenvalue weighted by atomic mass is 16.7. The van der Waals surface area contributed by atoms with Crippen LogP contribution < -0.4 is 0 Å². The summed E-state index contributed by atoms with van der Waals surface area (Å²) in [6.07, 6.45) is 39.9. The van der Waals surface area contributed by atoms with E-state index in [0.29, 0.717) is 29.8 Å². The molecule has 0 spiro atoms. The molecular formula is C84H148O11. The van der Waals surface area contributed by atoms with Crippen molar-refractivity contribution in [2.24, 2.45) is 98.1 Å². The van der Waals surface area contributed by atoms with Crippen molar-refractivity contribution in [2.45, 2.75) is 405 Å². The van der Waals surface area contributed by atoms with Crippen molar-refractivity contribution < 1.29 is 52.4 Å². The van der Waals surface area contributed by atoms with Crippen LogP contribution in [0.5, 0.6) is 0 Å². The first-order chi connectivity index (χ1) is 44.4. The molecule has 11 nitrogen and oxygen atoms in total. The van der Waals surface area contributed by atoms with E-state index in [1.807, 2.05) is 96.9 Å². The molecule has 11 fully saturated rings. The quantitative estimate of drug-likeness (QED) is 0.0498. The minimum absolute atomic E-state index is 0.00702. The minimum Gasteiger partial charge on any atom is -0.459 e. The first-order valence-corrected chi connectivity index (χ1v) is 40.2. The molecule has 11 saturated carbocycles. The van der Waals surface area contributed by atoms with E-state index in [1.54, 1.807) is 0 Å². The van der Waals surface area contributed by atoms with E-state index in [-0.39, 0.29) is 73.9 Å². The van der Waals surface area contributed by atoms with Gasteiger partial charge in [-0.05, 0) is 334 Å². The number of esters is 5. The summed E-state index contributed by atoms with van der Waals surface area (Å²) in [6.45, 7) is 45.1. The van der Waals surface area contributed by atoms with Gasteiger partial charge >= 0.3 is 29.8 Å². The Morgan fingerprint density at radius 1 is 0.400 bits per heavy atom. The van der Waals surface area contributed by atoms with E-state index in [9.17, 15) is 24.0 Å². The Bertz CT molecular complexity index is 2390. The van der Waals surface area contributed by atoms with Crippen molar-refractivity contribution in [1.29, 1.82) is 0 Å². The van der Waals surface area contributed by atoms with Gasteiger partial charge in [0.15, 0.2) is 6.29 Å². The average molecular weight is 1330 g/mol. The molecule has 11 aliphatic rings. The van der Waals surface area contributed by atoms with Crippen LogP contribution in [-0.2, 0) is 52.4 Å². The first kappa shape index (κ1) is 81.3. The second kappa shape index (κ2) is 33.9. The smallest absolute Gasteiger partial charge is 0.313 e. The third-order valence-electron chi connectivity index (χ3n) is 27.8. The molecule has 0 heterocycles. The highest BCUT2D eigenvalue weighted by Gasteiger charge is 2.64. The zero-order valence-electron chi connectivity index (χ0n) is 65.6. The molecule has 11 aliphatic carbocycles. The van der Waals surface area contributed by atoms with E-state index in [2.05, 4.69) is 55.4 Å². The van der Waals surface area contributed by atoms with Crippen LogP contribution in [0.3, 0.4) is 0 Å². The van der Waals surface area contributed by atoms with Gasteiger partial charge in [-0.25, -0.2) is 0 Å². The monoisotopic (exact) mass is 1330 g/mol. The summed E-state index contributed by atoms with van der Waals surface area (Å²) in [7, 11) is 0. The second-order valence-corrected chi connectivity index (χ2v) is 37.0. The summed E-state index contributed by atoms with van der Waals surface area (Å²) in [5.74, 6) is 9.33. The summed E-state index contributed by atoms with van der Waals surface area (Å²) in [5, 5.41) is 0. The molecule has 550 valence electrons. The lowest BCUT2D eigenvalue weighted by Crippen LogP contribution is -2.63. The first-order valence-electron chi connectivity index (χ1n) is 40.2. The molecule has 0 aromatic carbocycles. The predicted molar refractivity (Wildman–Crippen MR) is 386 cm³/mol. The van der Waals surface area contributed by atoms with Gasteiger partial charge in [0, 0.05) is 0 Å². The predicted octanol–water partition coefficient (Wildman–Crippen LogP) is 22.5. The van der Waals surface area contributed by atoms with Crippen molar-refractivity contribution in [3.63, 3.8) is 0 Å². The lowest BCUT2D eigenvalue weighted by Gasteiger charge is -2.62. The number of fused-ring (bicyclic) bond motifs is 9. The molecule has 0 amide bonds. The number of carbonyl (C=O) groups excluding carboxylic acids is 5. The zero-order chi connectivity index (χ0) is 70.8. The van der Waals surface area contributed by atoms with Gasteiger partial charge < -0.3 is 28.4 Å². The van der Waals surface area contributed by atoms with Crippen LogP contribution in [0.2, 0.25) is 0 Å². The Hall–Kier alpha value is -2.69. The van der Waals surface area contributed by atoms with Gasteiger partial charge in [0.1, 0.15) is 22.4 Å².